The number of esters is 1. The molecule has 2 aromatic rings. The van der Waals surface area contributed by atoms with Gasteiger partial charge in [-0.3, -0.25) is 14.9 Å². The smallest absolute Gasteiger partial charge is 0.325 e. The minimum Gasteiger partial charge on any atom is -0.466 e. The number of hydrogen-bond acceptors (Lipinski definition) is 4. The van der Waals surface area contributed by atoms with Gasteiger partial charge in [-0.05, 0) is 44.0 Å². The number of hydrogen-bond donors (Lipinski definition) is 4. The van der Waals surface area contributed by atoms with Crippen LogP contribution in [0.25, 0.3) is 0 Å². The number of aryl methyl sites for hydroxylation is 2. The highest BCUT2D eigenvalue weighted by Gasteiger charge is 2.11. The average Bonchev–Trinajstić information content (AvgIpc) is 2.50. The summed E-state index contributed by atoms with van der Waals surface area (Å²) >= 11 is 0. The lowest BCUT2D eigenvalue weighted by atomic mass is 10.1. The number of ether oxygens (including phenoxy) is 1. The van der Waals surface area contributed by atoms with E-state index in [1.807, 2.05) is 32.0 Å². The number of H-pyrrole nitrogens is 1. The second kappa shape index (κ2) is 8.09. The Morgan fingerprint density at radius 1 is 1.32 bits per heavy atom. The van der Waals surface area contributed by atoms with Gasteiger partial charge >= 0.3 is 11.9 Å². The van der Waals surface area contributed by atoms with E-state index in [9.17, 15) is 9.59 Å². The Morgan fingerprint density at radius 2 is 2.08 bits per heavy atom. The molecule has 1 aromatic heterocycles. The van der Waals surface area contributed by atoms with Crippen LogP contribution in [0.4, 0.5) is 11.6 Å². The zero-order chi connectivity index (χ0) is 18.4. The molecule has 0 aliphatic heterocycles. The Morgan fingerprint density at radius 3 is 2.76 bits per heavy atom. The number of benzene rings is 1. The first-order chi connectivity index (χ1) is 11.9. The summed E-state index contributed by atoms with van der Waals surface area (Å²) in [6.45, 7) is 6.01. The van der Waals surface area contributed by atoms with Crippen LogP contribution in [0.2, 0.25) is 0 Å². The molecule has 0 aliphatic rings. The highest BCUT2D eigenvalue weighted by Crippen LogP contribution is 2.13. The van der Waals surface area contributed by atoms with Crippen LogP contribution in [0.15, 0.2) is 29.1 Å². The number of aromatic amines is 1. The van der Waals surface area contributed by atoms with Crippen molar-refractivity contribution in [2.45, 2.75) is 27.2 Å². The molecule has 0 amide bonds. The van der Waals surface area contributed by atoms with Crippen LogP contribution in [0.3, 0.4) is 0 Å². The number of nitrogens with zero attached hydrogens (tertiary/aromatic N) is 1. The lowest BCUT2D eigenvalue weighted by Crippen LogP contribution is -2.73. The molecule has 0 unspecified atom stereocenters. The van der Waals surface area contributed by atoms with E-state index in [-0.39, 0.29) is 24.9 Å². The highest BCUT2D eigenvalue weighted by molar-refractivity contribution is 5.88. The van der Waals surface area contributed by atoms with Crippen molar-refractivity contribution in [2.75, 3.05) is 11.9 Å². The Labute approximate surface area is 145 Å². The third-order valence-corrected chi connectivity index (χ3v) is 3.46. The van der Waals surface area contributed by atoms with Crippen molar-refractivity contribution in [3.05, 3.63) is 51.4 Å². The lowest BCUT2D eigenvalue weighted by Gasteiger charge is -2.05. The van der Waals surface area contributed by atoms with Crippen molar-refractivity contribution in [1.82, 2.24) is 9.97 Å². The number of aromatic nitrogens is 2. The summed E-state index contributed by atoms with van der Waals surface area (Å²) in [6.07, 6.45) is -0.0864. The van der Waals surface area contributed by atoms with Crippen LogP contribution < -0.4 is 21.6 Å². The van der Waals surface area contributed by atoms with Gasteiger partial charge in [0.25, 0.3) is 11.5 Å². The van der Waals surface area contributed by atoms with Gasteiger partial charge in [0.15, 0.2) is 0 Å². The molecule has 25 heavy (non-hydrogen) atoms. The average molecular weight is 344 g/mol. The van der Waals surface area contributed by atoms with Crippen molar-refractivity contribution >= 4 is 23.6 Å². The van der Waals surface area contributed by atoms with Crippen molar-refractivity contribution in [3.8, 4) is 0 Å². The third kappa shape index (κ3) is 5.45. The molecule has 0 saturated heterocycles. The van der Waals surface area contributed by atoms with Crippen molar-refractivity contribution < 1.29 is 14.5 Å². The van der Waals surface area contributed by atoms with E-state index in [0.29, 0.717) is 5.69 Å². The molecule has 132 valence electrons. The molecule has 2 rings (SSSR count). The molecule has 0 atom stereocenters. The van der Waals surface area contributed by atoms with Crippen LogP contribution in [0.5, 0.6) is 0 Å². The molecule has 8 heteroatoms. The summed E-state index contributed by atoms with van der Waals surface area (Å²) in [7, 11) is 0. The number of guanidine groups is 1. The van der Waals surface area contributed by atoms with Gasteiger partial charge in [-0.1, -0.05) is 6.07 Å². The van der Waals surface area contributed by atoms with E-state index in [4.69, 9.17) is 10.5 Å². The molecule has 5 N–H and O–H groups in total. The summed E-state index contributed by atoms with van der Waals surface area (Å²) in [5.41, 5.74) is 8.92. The topological polar surface area (TPSA) is 124 Å². The van der Waals surface area contributed by atoms with Gasteiger partial charge in [0.2, 0.25) is 0 Å². The molecule has 1 aromatic carbocycles. The van der Waals surface area contributed by atoms with Crippen molar-refractivity contribution in [2.24, 2.45) is 5.73 Å². The van der Waals surface area contributed by atoms with E-state index < -0.39 is 11.5 Å². The van der Waals surface area contributed by atoms with Gasteiger partial charge in [-0.25, -0.2) is 9.98 Å². The van der Waals surface area contributed by atoms with Crippen LogP contribution in [0, 0.1) is 13.8 Å². The van der Waals surface area contributed by atoms with Gasteiger partial charge in [0.1, 0.15) is 5.69 Å². The zero-order valence-corrected chi connectivity index (χ0v) is 14.5. The number of nitrogens with two attached hydrogens (primary N) is 1. The Kier molecular flexibility index (Phi) is 5.89. The van der Waals surface area contributed by atoms with Crippen LogP contribution in [-0.2, 0) is 16.0 Å². The Bertz CT molecular complexity index is 858. The van der Waals surface area contributed by atoms with Gasteiger partial charge in [-0.2, -0.15) is 0 Å². The molecule has 0 bridgehead atoms. The molecule has 0 fully saturated rings. The van der Waals surface area contributed by atoms with E-state index in [1.54, 1.807) is 6.92 Å². The van der Waals surface area contributed by atoms with Crippen molar-refractivity contribution in [3.63, 3.8) is 0 Å². The predicted octanol–water partition coefficient (Wildman–Crippen LogP) is -0.369. The molecule has 0 spiro atoms. The monoisotopic (exact) mass is 344 g/mol. The third-order valence-electron chi connectivity index (χ3n) is 3.46. The molecular weight excluding hydrogens is 322 g/mol. The maximum absolute atomic E-state index is 11.7. The number of rotatable bonds is 5. The van der Waals surface area contributed by atoms with Crippen LogP contribution in [0.1, 0.15) is 23.7 Å². The number of nitrogens with one attached hydrogen (secondary N) is 3. The maximum atomic E-state index is 11.7. The molecule has 0 radical (unpaired) electrons. The fourth-order valence-corrected chi connectivity index (χ4v) is 2.15. The fraction of sp³-hybridized carbons (Fsp3) is 0.294. The second-order valence-corrected chi connectivity index (χ2v) is 5.53. The summed E-state index contributed by atoms with van der Waals surface area (Å²) < 4.78 is 4.85. The summed E-state index contributed by atoms with van der Waals surface area (Å²) in [5, 5.41) is 2.99. The highest BCUT2D eigenvalue weighted by atomic mass is 16.5. The summed E-state index contributed by atoms with van der Waals surface area (Å²) in [4.78, 5) is 32.7. The lowest BCUT2D eigenvalue weighted by molar-refractivity contribution is -0.365. The van der Waals surface area contributed by atoms with E-state index >= 15 is 0 Å². The predicted molar refractivity (Wildman–Crippen MR) is 94.6 cm³/mol. The van der Waals surface area contributed by atoms with Gasteiger partial charge < -0.3 is 10.5 Å². The molecule has 0 saturated carbocycles. The summed E-state index contributed by atoms with van der Waals surface area (Å²) in [5.74, 6) is -0.114. The largest absolute Gasteiger partial charge is 0.466 e. The Hall–Kier alpha value is -3.16. The molecule has 0 aliphatic carbocycles. The molecule has 1 heterocycles. The fourth-order valence-electron chi connectivity index (χ4n) is 2.15. The minimum atomic E-state index is -0.447. The molecular formula is C17H22N5O3+. The number of anilines is 1. The standard InChI is InChI=1S/C17H21N5O3/c1-4-25-15(24)9-13-8-14(23)21-17(20-13)22-16(18)19-12-6-5-10(2)11(3)7-12/h5-8H,4,9H2,1-3H3,(H4,18,19,20,21,22,23)/p+1. The van der Waals surface area contributed by atoms with E-state index in [2.05, 4.69) is 20.3 Å². The quantitative estimate of drug-likeness (QED) is 0.333. The van der Waals surface area contributed by atoms with Gasteiger partial charge in [0.05, 0.1) is 18.7 Å². The normalized spacial score (nSPS) is 11.2. The number of carbonyl (C=O) groups excluding carboxylic acids is 1. The first-order valence-electron chi connectivity index (χ1n) is 7.87. The van der Waals surface area contributed by atoms with Crippen LogP contribution in [-0.4, -0.2) is 28.5 Å². The first kappa shape index (κ1) is 18.2. The van der Waals surface area contributed by atoms with Crippen LogP contribution >= 0.6 is 0 Å². The Balaban J connectivity index is 2.18. The SMILES string of the molecule is CCOC(=O)Cc1cc(=O)[nH]c([NH+]=C(N)Nc2ccc(C)c(C)c2)n1. The van der Waals surface area contributed by atoms with Crippen molar-refractivity contribution in [1.29, 1.82) is 0 Å². The zero-order valence-electron chi connectivity index (χ0n) is 14.5. The second-order valence-electron chi connectivity index (χ2n) is 5.53. The molecule has 8 nitrogen and oxygen atoms in total. The first-order valence-corrected chi connectivity index (χ1v) is 7.87. The van der Waals surface area contributed by atoms with Gasteiger partial charge in [0, 0.05) is 6.07 Å². The summed E-state index contributed by atoms with van der Waals surface area (Å²) in [6, 6.07) is 7.07. The van der Waals surface area contributed by atoms with E-state index in [1.165, 1.54) is 11.6 Å². The number of carbonyl (C=O) groups is 1. The van der Waals surface area contributed by atoms with Gasteiger partial charge in [-0.15, -0.1) is 4.98 Å². The van der Waals surface area contributed by atoms with E-state index in [0.717, 1.165) is 11.3 Å². The maximum Gasteiger partial charge on any atom is 0.325 e. The minimum absolute atomic E-state index is 0.0864.